The van der Waals surface area contributed by atoms with E-state index in [2.05, 4.69) is 20.1 Å². The van der Waals surface area contributed by atoms with Gasteiger partial charge >= 0.3 is 14.5 Å². The van der Waals surface area contributed by atoms with E-state index in [9.17, 15) is 0 Å². The van der Waals surface area contributed by atoms with Crippen molar-refractivity contribution in [1.82, 2.24) is 0 Å². The molecule has 0 amide bonds. The Morgan fingerprint density at radius 1 is 0.950 bits per heavy atom. The van der Waals surface area contributed by atoms with Crippen LogP contribution in [0.1, 0.15) is 71.6 Å². The van der Waals surface area contributed by atoms with Crippen LogP contribution < -0.4 is 0 Å². The van der Waals surface area contributed by atoms with Crippen LogP contribution in [0.15, 0.2) is 4.99 Å². The summed E-state index contributed by atoms with van der Waals surface area (Å²) in [5.41, 5.74) is 0. The molecule has 0 aromatic carbocycles. The average molecular weight is 293 g/mol. The molecule has 3 heteroatoms. The Morgan fingerprint density at radius 2 is 1.60 bits per heavy atom. The Bertz CT molecular complexity index is 285. The van der Waals surface area contributed by atoms with Crippen LogP contribution in [0.3, 0.4) is 0 Å². The normalized spacial score (nSPS) is 28.9. The van der Waals surface area contributed by atoms with Gasteiger partial charge in [0.25, 0.3) is 0 Å². The molecule has 0 aromatic rings. The van der Waals surface area contributed by atoms with Crippen molar-refractivity contribution in [3.8, 4) is 0 Å². The first-order chi connectivity index (χ1) is 9.83. The molecular weight excluding hydrogens is 261 g/mol. The second kappa shape index (κ2) is 9.24. The lowest BCUT2D eigenvalue weighted by molar-refractivity contribution is 0.131. The Morgan fingerprint density at radius 3 is 2.30 bits per heavy atom. The van der Waals surface area contributed by atoms with Gasteiger partial charge in [0.15, 0.2) is 0 Å². The average Bonchev–Trinajstić information content (AvgIpc) is 2.52. The lowest BCUT2D eigenvalue weighted by atomic mass is 9.89. The van der Waals surface area contributed by atoms with Gasteiger partial charge in [-0.2, -0.15) is 0 Å². The molecular formula is C17H32AlNO. The summed E-state index contributed by atoms with van der Waals surface area (Å²) in [7, 11) is 0. The second-order valence-electron chi connectivity index (χ2n) is 6.66. The van der Waals surface area contributed by atoms with Crippen molar-refractivity contribution in [2.45, 2.75) is 94.3 Å². The molecule has 0 radical (unpaired) electrons. The predicted octanol–water partition coefficient (Wildman–Crippen LogP) is 5.00. The van der Waals surface area contributed by atoms with Crippen LogP contribution in [0, 0.1) is 5.92 Å². The van der Waals surface area contributed by atoms with E-state index >= 15 is 0 Å². The SMILES string of the molecule is C[CH2][Al]([CH2]C)[O]C1CCCCC1N=CC1CCCCC1. The summed E-state index contributed by atoms with van der Waals surface area (Å²) in [6, 6.07) is 0.471. The van der Waals surface area contributed by atoms with Gasteiger partial charge in [-0.3, -0.25) is 4.99 Å². The fourth-order valence-corrected chi connectivity index (χ4v) is 5.42. The lowest BCUT2D eigenvalue weighted by Gasteiger charge is -2.32. The third-order valence-electron chi connectivity index (χ3n) is 5.08. The van der Waals surface area contributed by atoms with E-state index in [0.29, 0.717) is 12.1 Å². The maximum atomic E-state index is 6.47. The van der Waals surface area contributed by atoms with E-state index in [0.717, 1.165) is 5.92 Å². The molecule has 0 N–H and O–H groups in total. The maximum Gasteiger partial charge on any atom is 0.460 e. The van der Waals surface area contributed by atoms with Crippen LogP contribution in [-0.2, 0) is 3.79 Å². The summed E-state index contributed by atoms with van der Waals surface area (Å²) >= 11 is -0.937. The first kappa shape index (κ1) is 16.5. The van der Waals surface area contributed by atoms with Gasteiger partial charge in [0.1, 0.15) is 0 Å². The minimum absolute atomic E-state index is 0.445. The highest BCUT2D eigenvalue weighted by Crippen LogP contribution is 2.27. The van der Waals surface area contributed by atoms with Gasteiger partial charge in [-0.05, 0) is 31.6 Å². The zero-order chi connectivity index (χ0) is 14.2. The molecule has 114 valence electrons. The number of nitrogens with zero attached hydrogens (tertiary/aromatic N) is 1. The molecule has 2 rings (SSSR count). The highest BCUT2D eigenvalue weighted by molar-refractivity contribution is 6.51. The van der Waals surface area contributed by atoms with Crippen molar-refractivity contribution in [3.05, 3.63) is 0 Å². The third kappa shape index (κ3) is 5.17. The maximum absolute atomic E-state index is 6.47. The van der Waals surface area contributed by atoms with Crippen LogP contribution >= 0.6 is 0 Å². The molecule has 2 nitrogen and oxygen atoms in total. The first-order valence-electron chi connectivity index (χ1n) is 9.02. The zero-order valence-corrected chi connectivity index (χ0v) is 14.7. The topological polar surface area (TPSA) is 21.6 Å². The summed E-state index contributed by atoms with van der Waals surface area (Å²) in [6.45, 7) is 4.59. The lowest BCUT2D eigenvalue weighted by Crippen LogP contribution is -2.36. The largest absolute Gasteiger partial charge is 0.497 e. The molecule has 0 aromatic heterocycles. The van der Waals surface area contributed by atoms with E-state index < -0.39 is 14.5 Å². The minimum Gasteiger partial charge on any atom is -0.497 e. The highest BCUT2D eigenvalue weighted by Gasteiger charge is 2.29. The first-order valence-corrected chi connectivity index (χ1v) is 11.1. The van der Waals surface area contributed by atoms with Crippen molar-refractivity contribution < 1.29 is 3.79 Å². The molecule has 2 aliphatic carbocycles. The van der Waals surface area contributed by atoms with E-state index in [1.54, 1.807) is 0 Å². The van der Waals surface area contributed by atoms with Crippen molar-refractivity contribution in [2.24, 2.45) is 10.9 Å². The summed E-state index contributed by atoms with van der Waals surface area (Å²) in [4.78, 5) is 4.98. The molecule has 0 bridgehead atoms. The summed E-state index contributed by atoms with van der Waals surface area (Å²) in [5, 5.41) is 2.54. The highest BCUT2D eigenvalue weighted by atomic mass is 27.2. The molecule has 2 atom stereocenters. The quantitative estimate of drug-likeness (QED) is 0.499. The van der Waals surface area contributed by atoms with Gasteiger partial charge in [-0.15, -0.1) is 0 Å². The zero-order valence-electron chi connectivity index (χ0n) is 13.5. The monoisotopic (exact) mass is 293 g/mol. The number of hydrogen-bond acceptors (Lipinski definition) is 2. The van der Waals surface area contributed by atoms with E-state index in [4.69, 9.17) is 8.78 Å². The molecule has 20 heavy (non-hydrogen) atoms. The van der Waals surface area contributed by atoms with Crippen molar-refractivity contribution in [2.75, 3.05) is 0 Å². The van der Waals surface area contributed by atoms with Gasteiger partial charge < -0.3 is 3.79 Å². The van der Waals surface area contributed by atoms with E-state index in [1.165, 1.54) is 68.4 Å². The molecule has 2 saturated carbocycles. The van der Waals surface area contributed by atoms with Gasteiger partial charge in [-0.25, -0.2) is 0 Å². The molecule has 0 saturated heterocycles. The summed E-state index contributed by atoms with van der Waals surface area (Å²) in [6.07, 6.45) is 14.9. The molecule has 2 aliphatic rings. The minimum atomic E-state index is -0.937. The number of rotatable bonds is 6. The Hall–Kier alpha value is 0.162. The fraction of sp³-hybridized carbons (Fsp3) is 0.941. The molecule has 0 aliphatic heterocycles. The van der Waals surface area contributed by atoms with E-state index in [-0.39, 0.29) is 0 Å². The van der Waals surface area contributed by atoms with Gasteiger partial charge in [-0.1, -0.05) is 56.5 Å². The van der Waals surface area contributed by atoms with Crippen molar-refractivity contribution in [1.29, 1.82) is 0 Å². The standard InChI is InChI=1S/C13H22NO.2C2H5.Al/c15-13-9-5-4-8-12(13)14-10-11-6-2-1-3-7-11;2*1-2;/h10-13H,1-9H2;2*1H2,2H3;/q-1;;;+1. The van der Waals surface area contributed by atoms with Crippen LogP contribution in [0.2, 0.25) is 10.6 Å². The van der Waals surface area contributed by atoms with Crippen LogP contribution in [0.4, 0.5) is 0 Å². The van der Waals surface area contributed by atoms with Gasteiger partial charge in [0.2, 0.25) is 0 Å². The third-order valence-corrected chi connectivity index (χ3v) is 7.64. The van der Waals surface area contributed by atoms with Gasteiger partial charge in [0.05, 0.1) is 6.04 Å². The molecule has 2 unspecified atom stereocenters. The Balaban J connectivity index is 1.87. The molecule has 2 fully saturated rings. The van der Waals surface area contributed by atoms with Crippen LogP contribution in [-0.4, -0.2) is 32.8 Å². The summed E-state index contributed by atoms with van der Waals surface area (Å²) in [5.74, 6) is 0.761. The summed E-state index contributed by atoms with van der Waals surface area (Å²) < 4.78 is 6.47. The smallest absolute Gasteiger partial charge is 0.460 e. The van der Waals surface area contributed by atoms with Crippen LogP contribution in [0.25, 0.3) is 0 Å². The molecule has 0 heterocycles. The van der Waals surface area contributed by atoms with Crippen LogP contribution in [0.5, 0.6) is 0 Å². The second-order valence-corrected chi connectivity index (χ2v) is 9.81. The number of hydrogen-bond donors (Lipinski definition) is 0. The van der Waals surface area contributed by atoms with Crippen molar-refractivity contribution in [3.63, 3.8) is 0 Å². The van der Waals surface area contributed by atoms with Crippen molar-refractivity contribution >= 4 is 20.7 Å². The van der Waals surface area contributed by atoms with E-state index in [1.807, 2.05) is 0 Å². The fourth-order valence-electron chi connectivity index (χ4n) is 3.65. The molecule has 0 spiro atoms. The Kier molecular flexibility index (Phi) is 7.63. The predicted molar refractivity (Wildman–Crippen MR) is 88.9 cm³/mol. The number of aliphatic imine (C=N–C) groups is 1. The Labute approximate surface area is 130 Å². The van der Waals surface area contributed by atoms with Gasteiger partial charge in [0, 0.05) is 12.3 Å².